The van der Waals surface area contributed by atoms with Crippen LogP contribution in [0.25, 0.3) is 0 Å². The van der Waals surface area contributed by atoms with Crippen molar-refractivity contribution < 1.29 is 9.84 Å². The van der Waals surface area contributed by atoms with E-state index in [0.717, 1.165) is 5.69 Å². The number of hydrogen-bond acceptors (Lipinski definition) is 3. The van der Waals surface area contributed by atoms with E-state index < -0.39 is 6.29 Å². The van der Waals surface area contributed by atoms with E-state index in [1.165, 1.54) is 5.56 Å². The number of aliphatic hydroxyl groups is 1. The van der Waals surface area contributed by atoms with Crippen molar-refractivity contribution in [2.24, 2.45) is 0 Å². The minimum atomic E-state index is -0.727. The predicted octanol–water partition coefficient (Wildman–Crippen LogP) is 2.60. The number of aliphatic hydroxyl groups excluding tert-OH is 1. The van der Waals surface area contributed by atoms with E-state index in [9.17, 15) is 5.11 Å². The average Bonchev–Trinajstić information content (AvgIpc) is 2.29. The summed E-state index contributed by atoms with van der Waals surface area (Å²) in [6.45, 7) is 7.24. The largest absolute Gasteiger partial charge is 0.370 e. The van der Waals surface area contributed by atoms with E-state index >= 15 is 0 Å². The van der Waals surface area contributed by atoms with Gasteiger partial charge in [0, 0.05) is 19.3 Å². The fourth-order valence-corrected chi connectivity index (χ4v) is 1.70. The van der Waals surface area contributed by atoms with Crippen LogP contribution in [0.3, 0.4) is 0 Å². The first-order valence-corrected chi connectivity index (χ1v) is 6.15. The second kappa shape index (κ2) is 6.62. The molecule has 0 saturated heterocycles. The highest BCUT2D eigenvalue weighted by Gasteiger charge is 2.08. The van der Waals surface area contributed by atoms with Crippen LogP contribution in [0.1, 0.15) is 32.3 Å². The summed E-state index contributed by atoms with van der Waals surface area (Å²) in [5.74, 6) is 0.545. The van der Waals surface area contributed by atoms with Gasteiger partial charge in [-0.1, -0.05) is 26.0 Å². The molecule has 1 N–H and O–H groups in total. The van der Waals surface area contributed by atoms with E-state index in [1.54, 1.807) is 0 Å². The first-order valence-electron chi connectivity index (χ1n) is 6.15. The molecule has 0 heterocycles. The van der Waals surface area contributed by atoms with Crippen molar-refractivity contribution in [3.63, 3.8) is 0 Å². The Morgan fingerprint density at radius 2 is 1.82 bits per heavy atom. The monoisotopic (exact) mass is 237 g/mol. The third-order valence-corrected chi connectivity index (χ3v) is 2.79. The van der Waals surface area contributed by atoms with Crippen LogP contribution < -0.4 is 4.90 Å². The second-order valence-electron chi connectivity index (χ2n) is 4.54. The summed E-state index contributed by atoms with van der Waals surface area (Å²) in [5, 5.41) is 9.56. The van der Waals surface area contributed by atoms with Gasteiger partial charge in [-0.05, 0) is 30.5 Å². The third kappa shape index (κ3) is 4.36. The van der Waals surface area contributed by atoms with Crippen molar-refractivity contribution in [2.45, 2.75) is 33.0 Å². The summed E-state index contributed by atoms with van der Waals surface area (Å²) < 4.78 is 5.11. The average molecular weight is 237 g/mol. The molecule has 0 spiro atoms. The topological polar surface area (TPSA) is 32.7 Å². The van der Waals surface area contributed by atoms with Crippen LogP contribution in [0, 0.1) is 0 Å². The Hall–Kier alpha value is -1.06. The fraction of sp³-hybridized carbons (Fsp3) is 0.571. The molecule has 0 fully saturated rings. The Labute approximate surface area is 104 Å². The van der Waals surface area contributed by atoms with Crippen molar-refractivity contribution in [1.29, 1.82) is 0 Å². The quantitative estimate of drug-likeness (QED) is 0.772. The summed E-state index contributed by atoms with van der Waals surface area (Å²) in [6.07, 6.45) is -0.727. The van der Waals surface area contributed by atoms with Gasteiger partial charge in [0.25, 0.3) is 0 Å². The fourth-order valence-electron chi connectivity index (χ4n) is 1.70. The van der Waals surface area contributed by atoms with Crippen LogP contribution in [-0.2, 0) is 4.74 Å². The molecule has 0 saturated carbocycles. The van der Waals surface area contributed by atoms with E-state index in [1.807, 2.05) is 18.9 Å². The van der Waals surface area contributed by atoms with Crippen molar-refractivity contribution in [2.75, 3.05) is 25.1 Å². The summed E-state index contributed by atoms with van der Waals surface area (Å²) in [4.78, 5) is 1.99. The molecular formula is C14H23NO2. The number of benzene rings is 1. The van der Waals surface area contributed by atoms with Crippen LogP contribution in [-0.4, -0.2) is 31.6 Å². The zero-order valence-corrected chi connectivity index (χ0v) is 11.2. The molecule has 0 radical (unpaired) electrons. The lowest BCUT2D eigenvalue weighted by atomic mass is 10.0. The van der Waals surface area contributed by atoms with Gasteiger partial charge >= 0.3 is 0 Å². The molecule has 0 bridgehead atoms. The first kappa shape index (κ1) is 14.0. The van der Waals surface area contributed by atoms with Gasteiger partial charge in [-0.3, -0.25) is 0 Å². The first-order chi connectivity index (χ1) is 8.04. The van der Waals surface area contributed by atoms with Crippen molar-refractivity contribution in [3.05, 3.63) is 29.8 Å². The molecule has 17 heavy (non-hydrogen) atoms. The third-order valence-electron chi connectivity index (χ3n) is 2.79. The summed E-state index contributed by atoms with van der Waals surface area (Å²) in [5.41, 5.74) is 2.42. The van der Waals surface area contributed by atoms with Crippen LogP contribution in [0.4, 0.5) is 5.69 Å². The van der Waals surface area contributed by atoms with E-state index in [-0.39, 0.29) is 0 Å². The number of nitrogens with zero attached hydrogens (tertiary/aromatic N) is 1. The Morgan fingerprint density at radius 3 is 2.29 bits per heavy atom. The SMILES string of the molecule is CCOC(O)CN(C)c1ccc(C(C)C)cc1. The Balaban J connectivity index is 2.60. The summed E-state index contributed by atoms with van der Waals surface area (Å²) in [6, 6.07) is 8.41. The Morgan fingerprint density at radius 1 is 1.24 bits per heavy atom. The van der Waals surface area contributed by atoms with E-state index in [0.29, 0.717) is 19.1 Å². The van der Waals surface area contributed by atoms with Gasteiger partial charge in [0.2, 0.25) is 0 Å². The van der Waals surface area contributed by atoms with Gasteiger partial charge in [0.15, 0.2) is 6.29 Å². The number of anilines is 1. The van der Waals surface area contributed by atoms with Gasteiger partial charge in [0.05, 0.1) is 6.54 Å². The Kier molecular flexibility index (Phi) is 5.45. The normalized spacial score (nSPS) is 12.8. The molecule has 1 atom stereocenters. The highest BCUT2D eigenvalue weighted by molar-refractivity contribution is 5.47. The number of hydrogen-bond donors (Lipinski definition) is 1. The van der Waals surface area contributed by atoms with Gasteiger partial charge in [-0.15, -0.1) is 0 Å². The molecule has 0 aromatic heterocycles. The maximum absolute atomic E-state index is 9.56. The van der Waals surface area contributed by atoms with Crippen LogP contribution >= 0.6 is 0 Å². The highest BCUT2D eigenvalue weighted by atomic mass is 16.6. The lowest BCUT2D eigenvalue weighted by Gasteiger charge is -2.23. The molecule has 3 nitrogen and oxygen atoms in total. The van der Waals surface area contributed by atoms with Crippen molar-refractivity contribution in [1.82, 2.24) is 0 Å². The van der Waals surface area contributed by atoms with Gasteiger partial charge in [-0.2, -0.15) is 0 Å². The van der Waals surface area contributed by atoms with E-state index in [2.05, 4.69) is 38.1 Å². The molecule has 0 aliphatic rings. The molecule has 0 aliphatic heterocycles. The van der Waals surface area contributed by atoms with Crippen molar-refractivity contribution >= 4 is 5.69 Å². The highest BCUT2D eigenvalue weighted by Crippen LogP contribution is 2.19. The van der Waals surface area contributed by atoms with Gasteiger partial charge in [-0.25, -0.2) is 0 Å². The molecule has 1 rings (SSSR count). The maximum atomic E-state index is 9.56. The zero-order chi connectivity index (χ0) is 12.8. The minimum Gasteiger partial charge on any atom is -0.370 e. The molecule has 0 amide bonds. The second-order valence-corrected chi connectivity index (χ2v) is 4.54. The maximum Gasteiger partial charge on any atom is 0.172 e. The minimum absolute atomic E-state index is 0.481. The zero-order valence-electron chi connectivity index (χ0n) is 11.2. The molecular weight excluding hydrogens is 214 g/mol. The molecule has 96 valence electrons. The van der Waals surface area contributed by atoms with Gasteiger partial charge in [0.1, 0.15) is 0 Å². The smallest absolute Gasteiger partial charge is 0.172 e. The molecule has 1 aromatic rings. The molecule has 3 heteroatoms. The molecule has 1 aromatic carbocycles. The summed E-state index contributed by atoms with van der Waals surface area (Å²) in [7, 11) is 1.95. The van der Waals surface area contributed by atoms with Crippen LogP contribution in [0.5, 0.6) is 0 Å². The predicted molar refractivity (Wildman–Crippen MR) is 71.4 cm³/mol. The van der Waals surface area contributed by atoms with Gasteiger partial charge < -0.3 is 14.7 Å². The van der Waals surface area contributed by atoms with Crippen LogP contribution in [0.2, 0.25) is 0 Å². The number of rotatable bonds is 6. The van der Waals surface area contributed by atoms with Crippen LogP contribution in [0.15, 0.2) is 24.3 Å². The lowest BCUT2D eigenvalue weighted by molar-refractivity contribution is -0.0868. The Bertz CT molecular complexity index is 321. The molecule has 0 aliphatic carbocycles. The number of likely N-dealkylation sites (N-methyl/N-ethyl adjacent to an activating group) is 1. The lowest BCUT2D eigenvalue weighted by Crippen LogP contribution is -2.30. The van der Waals surface area contributed by atoms with E-state index in [4.69, 9.17) is 4.74 Å². The number of ether oxygens (including phenoxy) is 1. The molecule has 1 unspecified atom stereocenters. The summed E-state index contributed by atoms with van der Waals surface area (Å²) >= 11 is 0. The standard InChI is InChI=1S/C14H23NO2/c1-5-17-14(16)10-15(4)13-8-6-12(7-9-13)11(2)3/h6-9,11,14,16H,5,10H2,1-4H3. The van der Waals surface area contributed by atoms with Crippen molar-refractivity contribution in [3.8, 4) is 0 Å².